The van der Waals surface area contributed by atoms with Gasteiger partial charge in [-0.3, -0.25) is 10.1 Å². The minimum atomic E-state index is -0.215. The van der Waals surface area contributed by atoms with Gasteiger partial charge in [-0.2, -0.15) is 4.98 Å². The number of allylic oxidation sites excluding steroid dienone is 1. The van der Waals surface area contributed by atoms with Gasteiger partial charge in [0, 0.05) is 22.2 Å². The van der Waals surface area contributed by atoms with Crippen molar-refractivity contribution in [3.63, 3.8) is 0 Å². The van der Waals surface area contributed by atoms with Crippen LogP contribution in [0.4, 0.5) is 11.9 Å². The third kappa shape index (κ3) is 4.50. The van der Waals surface area contributed by atoms with Crippen LogP contribution >= 0.6 is 23.2 Å². The standard InChI is InChI=1S/C22H21Cl2N5O/c1-13(2)11-20(30)26-21-27-22-25-18(14-3-7-16(23)8-4-14)12-19(29(22)28-21)15-5-9-17(24)10-6-15/h3-10,12-13,19H,11H2,1-2H3,(H2,25,26,27,28,30)/t19-/m1/s1. The summed E-state index contributed by atoms with van der Waals surface area (Å²) >= 11 is 12.1. The molecule has 0 unspecified atom stereocenters. The quantitative estimate of drug-likeness (QED) is 0.538. The van der Waals surface area contributed by atoms with E-state index >= 15 is 0 Å². The molecule has 1 aromatic heterocycles. The molecule has 8 heteroatoms. The second-order valence-corrected chi connectivity index (χ2v) is 8.43. The van der Waals surface area contributed by atoms with Gasteiger partial charge in [-0.15, -0.1) is 5.10 Å². The lowest BCUT2D eigenvalue weighted by atomic mass is 10.0. The second kappa shape index (κ2) is 8.50. The summed E-state index contributed by atoms with van der Waals surface area (Å²) in [4.78, 5) is 16.7. The number of hydrogen-bond donors (Lipinski definition) is 2. The number of hydrogen-bond acceptors (Lipinski definition) is 4. The zero-order valence-corrected chi connectivity index (χ0v) is 18.1. The molecule has 0 aliphatic carbocycles. The maximum Gasteiger partial charge on any atom is 0.250 e. The summed E-state index contributed by atoms with van der Waals surface area (Å²) in [7, 11) is 0. The molecule has 4 rings (SSSR count). The van der Waals surface area contributed by atoms with E-state index in [4.69, 9.17) is 23.2 Å². The summed E-state index contributed by atoms with van der Waals surface area (Å²) in [6.45, 7) is 3.98. The molecule has 2 aromatic carbocycles. The molecule has 0 saturated carbocycles. The van der Waals surface area contributed by atoms with Crippen molar-refractivity contribution in [1.82, 2.24) is 14.8 Å². The summed E-state index contributed by atoms with van der Waals surface area (Å²) in [6, 6.07) is 14.9. The maximum absolute atomic E-state index is 12.2. The Morgan fingerprint density at radius 1 is 1.10 bits per heavy atom. The fourth-order valence-electron chi connectivity index (χ4n) is 3.29. The Kier molecular flexibility index (Phi) is 5.79. The van der Waals surface area contributed by atoms with Gasteiger partial charge in [-0.25, -0.2) is 4.68 Å². The van der Waals surface area contributed by atoms with E-state index in [1.165, 1.54) is 0 Å². The third-order valence-corrected chi connectivity index (χ3v) is 5.18. The normalized spacial score (nSPS) is 15.4. The highest BCUT2D eigenvalue weighted by atomic mass is 35.5. The molecule has 6 nitrogen and oxygen atoms in total. The van der Waals surface area contributed by atoms with Gasteiger partial charge in [0.25, 0.3) is 5.95 Å². The van der Waals surface area contributed by atoms with Crippen molar-refractivity contribution < 1.29 is 4.79 Å². The van der Waals surface area contributed by atoms with Crippen molar-refractivity contribution in [2.75, 3.05) is 10.6 Å². The van der Waals surface area contributed by atoms with Crippen molar-refractivity contribution in [2.24, 2.45) is 5.92 Å². The molecule has 0 spiro atoms. The Hall–Kier alpha value is -2.83. The van der Waals surface area contributed by atoms with Crippen LogP contribution in [0, 0.1) is 5.92 Å². The van der Waals surface area contributed by atoms with E-state index in [-0.39, 0.29) is 23.8 Å². The van der Waals surface area contributed by atoms with Crippen LogP contribution < -0.4 is 10.6 Å². The van der Waals surface area contributed by atoms with Gasteiger partial charge in [0.2, 0.25) is 11.9 Å². The van der Waals surface area contributed by atoms with Crippen molar-refractivity contribution in [2.45, 2.75) is 26.3 Å². The number of fused-ring (bicyclic) bond motifs is 1. The number of benzene rings is 2. The van der Waals surface area contributed by atoms with Gasteiger partial charge in [-0.05, 0) is 47.4 Å². The predicted octanol–water partition coefficient (Wildman–Crippen LogP) is 5.63. The largest absolute Gasteiger partial charge is 0.324 e. The molecule has 1 atom stereocenters. The van der Waals surface area contributed by atoms with Crippen LogP contribution in [0.3, 0.4) is 0 Å². The topological polar surface area (TPSA) is 71.8 Å². The van der Waals surface area contributed by atoms with Gasteiger partial charge in [0.1, 0.15) is 6.04 Å². The lowest BCUT2D eigenvalue weighted by Gasteiger charge is -2.24. The predicted molar refractivity (Wildman–Crippen MR) is 121 cm³/mol. The molecule has 30 heavy (non-hydrogen) atoms. The average molecular weight is 442 g/mol. The average Bonchev–Trinajstić information content (AvgIpc) is 3.10. The zero-order valence-electron chi connectivity index (χ0n) is 16.6. The Balaban J connectivity index is 1.71. The van der Waals surface area contributed by atoms with Crippen LogP contribution in [0.1, 0.15) is 37.4 Å². The van der Waals surface area contributed by atoms with E-state index in [9.17, 15) is 4.79 Å². The number of amides is 1. The Labute approximate surface area is 184 Å². The number of nitrogens with zero attached hydrogens (tertiary/aromatic N) is 3. The molecular formula is C22H21Cl2N5O. The fourth-order valence-corrected chi connectivity index (χ4v) is 3.54. The SMILES string of the molecule is CC(C)CC(=O)Nc1nc2n(n1)[C@@H](c1ccc(Cl)cc1)C=C(c1ccc(Cl)cc1)N2. The minimum Gasteiger partial charge on any atom is -0.324 e. The molecule has 0 fully saturated rings. The van der Waals surface area contributed by atoms with E-state index in [1.54, 1.807) is 4.68 Å². The third-order valence-electron chi connectivity index (χ3n) is 4.68. The highest BCUT2D eigenvalue weighted by molar-refractivity contribution is 6.30. The molecule has 1 amide bonds. The first kappa shape index (κ1) is 20.4. The number of rotatable bonds is 5. The lowest BCUT2D eigenvalue weighted by molar-refractivity contribution is -0.116. The molecule has 1 aliphatic heterocycles. The number of nitrogens with one attached hydrogen (secondary N) is 2. The van der Waals surface area contributed by atoms with Gasteiger partial charge in [0.15, 0.2) is 0 Å². The first-order chi connectivity index (χ1) is 14.4. The van der Waals surface area contributed by atoms with E-state index in [1.807, 2.05) is 62.4 Å². The van der Waals surface area contributed by atoms with Crippen LogP contribution in [0.25, 0.3) is 5.70 Å². The van der Waals surface area contributed by atoms with E-state index in [2.05, 4.69) is 26.8 Å². The lowest BCUT2D eigenvalue weighted by Crippen LogP contribution is -2.20. The fraction of sp³-hybridized carbons (Fsp3) is 0.227. The number of anilines is 2. The smallest absolute Gasteiger partial charge is 0.250 e. The number of halogens is 2. The van der Waals surface area contributed by atoms with Crippen LogP contribution in [-0.4, -0.2) is 20.7 Å². The Morgan fingerprint density at radius 3 is 2.37 bits per heavy atom. The Bertz CT molecular complexity index is 1090. The summed E-state index contributed by atoms with van der Waals surface area (Å²) in [6.07, 6.45) is 2.47. The van der Waals surface area contributed by atoms with Crippen molar-refractivity contribution in [1.29, 1.82) is 0 Å². The summed E-state index contributed by atoms with van der Waals surface area (Å²) < 4.78 is 1.76. The van der Waals surface area contributed by atoms with Gasteiger partial charge in [0.05, 0.1) is 0 Å². The Morgan fingerprint density at radius 2 is 1.73 bits per heavy atom. The van der Waals surface area contributed by atoms with Crippen molar-refractivity contribution in [3.8, 4) is 0 Å². The van der Waals surface area contributed by atoms with Crippen LogP contribution in [0.15, 0.2) is 54.6 Å². The first-order valence-electron chi connectivity index (χ1n) is 9.65. The van der Waals surface area contributed by atoms with Crippen molar-refractivity contribution in [3.05, 3.63) is 75.8 Å². The maximum atomic E-state index is 12.2. The van der Waals surface area contributed by atoms with Gasteiger partial charge in [-0.1, -0.05) is 61.3 Å². The zero-order chi connectivity index (χ0) is 21.3. The number of aromatic nitrogens is 3. The number of carbonyl (C=O) groups excluding carboxylic acids is 1. The highest BCUT2D eigenvalue weighted by Crippen LogP contribution is 2.34. The van der Waals surface area contributed by atoms with Gasteiger partial charge >= 0.3 is 0 Å². The molecule has 1 aliphatic rings. The summed E-state index contributed by atoms with van der Waals surface area (Å²) in [5.41, 5.74) is 2.85. The molecule has 2 N–H and O–H groups in total. The van der Waals surface area contributed by atoms with Crippen molar-refractivity contribution >= 4 is 46.7 Å². The molecule has 3 aromatic rings. The molecular weight excluding hydrogens is 421 g/mol. The van der Waals surface area contributed by atoms with E-state index in [0.717, 1.165) is 16.8 Å². The molecule has 0 saturated heterocycles. The van der Waals surface area contributed by atoms with Gasteiger partial charge < -0.3 is 5.32 Å². The van der Waals surface area contributed by atoms with Crippen LogP contribution in [0.5, 0.6) is 0 Å². The highest BCUT2D eigenvalue weighted by Gasteiger charge is 2.26. The molecule has 154 valence electrons. The summed E-state index contributed by atoms with van der Waals surface area (Å²) in [5, 5.41) is 12.0. The second-order valence-electron chi connectivity index (χ2n) is 7.56. The monoisotopic (exact) mass is 441 g/mol. The van der Waals surface area contributed by atoms with Crippen LogP contribution in [-0.2, 0) is 4.79 Å². The molecule has 0 bridgehead atoms. The molecule has 0 radical (unpaired) electrons. The molecule has 2 heterocycles. The first-order valence-corrected chi connectivity index (χ1v) is 10.4. The number of carbonyl (C=O) groups is 1. The minimum absolute atomic E-state index is 0.109. The van der Waals surface area contributed by atoms with E-state index < -0.39 is 0 Å². The van der Waals surface area contributed by atoms with Crippen LogP contribution in [0.2, 0.25) is 10.0 Å². The van der Waals surface area contributed by atoms with E-state index in [0.29, 0.717) is 22.4 Å². The summed E-state index contributed by atoms with van der Waals surface area (Å²) in [5.74, 6) is 0.956.